The molecule has 0 unspecified atom stereocenters. The number of nitrogens with zero attached hydrogens (tertiary/aromatic N) is 7. The molecule has 1 N–H and O–H groups in total. The first-order chi connectivity index (χ1) is 16.3. The molecule has 0 bridgehead atoms. The minimum Gasteiger partial charge on any atom is -0.480 e. The van der Waals surface area contributed by atoms with E-state index >= 15 is 0 Å². The summed E-state index contributed by atoms with van der Waals surface area (Å²) in [6.45, 7) is 3.58. The predicted molar refractivity (Wildman–Crippen MR) is 121 cm³/mol. The van der Waals surface area contributed by atoms with Gasteiger partial charge in [0.1, 0.15) is 0 Å². The van der Waals surface area contributed by atoms with Gasteiger partial charge in [0.15, 0.2) is 11.5 Å². The zero-order valence-electron chi connectivity index (χ0n) is 18.7. The monoisotopic (exact) mass is 472 g/mol. The van der Waals surface area contributed by atoms with Crippen molar-refractivity contribution in [2.75, 3.05) is 50.6 Å². The van der Waals surface area contributed by atoms with Gasteiger partial charge >= 0.3 is 6.18 Å². The molecular weight excluding hydrogens is 449 g/mol. The van der Waals surface area contributed by atoms with Gasteiger partial charge in [0.05, 0.1) is 36.6 Å². The van der Waals surface area contributed by atoms with E-state index in [-0.39, 0.29) is 12.1 Å². The van der Waals surface area contributed by atoms with Crippen LogP contribution in [0.25, 0.3) is 16.6 Å². The Balaban J connectivity index is 1.51. The lowest BCUT2D eigenvalue weighted by atomic mass is 10.1. The maximum Gasteiger partial charge on any atom is 0.416 e. The lowest BCUT2D eigenvalue weighted by Gasteiger charge is -2.34. The van der Waals surface area contributed by atoms with Crippen molar-refractivity contribution in [1.29, 1.82) is 0 Å². The Morgan fingerprint density at radius 2 is 1.85 bits per heavy atom. The molecule has 0 radical (unpaired) electrons. The Morgan fingerprint density at radius 1 is 1.06 bits per heavy atom. The number of halogens is 3. The van der Waals surface area contributed by atoms with Crippen molar-refractivity contribution in [2.24, 2.45) is 0 Å². The first-order valence-corrected chi connectivity index (χ1v) is 10.8. The summed E-state index contributed by atoms with van der Waals surface area (Å²) >= 11 is 0. The maximum atomic E-state index is 13.6. The van der Waals surface area contributed by atoms with Crippen LogP contribution in [0.15, 0.2) is 36.5 Å². The molecule has 0 saturated carbocycles. The van der Waals surface area contributed by atoms with Crippen LogP contribution in [0.5, 0.6) is 5.88 Å². The Morgan fingerprint density at radius 3 is 2.59 bits per heavy atom. The fraction of sp³-hybridized carbons (Fsp3) is 0.364. The number of piperazine rings is 1. The van der Waals surface area contributed by atoms with Crippen molar-refractivity contribution < 1.29 is 17.9 Å². The molecule has 9 nitrogen and oxygen atoms in total. The van der Waals surface area contributed by atoms with Crippen LogP contribution in [0.3, 0.4) is 0 Å². The number of likely N-dealkylation sites (N-methyl/N-ethyl adjacent to an activating group) is 1. The largest absolute Gasteiger partial charge is 0.480 e. The number of pyridine rings is 1. The average Bonchev–Trinajstić information content (AvgIpc) is 3.24. The van der Waals surface area contributed by atoms with Gasteiger partial charge in [0.25, 0.3) is 0 Å². The summed E-state index contributed by atoms with van der Waals surface area (Å²) in [4.78, 5) is 8.80. The molecule has 34 heavy (non-hydrogen) atoms. The smallest absolute Gasteiger partial charge is 0.416 e. The molecule has 1 aliphatic rings. The first kappa shape index (κ1) is 22.1. The van der Waals surface area contributed by atoms with Crippen molar-refractivity contribution in [2.45, 2.75) is 12.7 Å². The van der Waals surface area contributed by atoms with Crippen LogP contribution in [-0.4, -0.2) is 70.0 Å². The molecular formula is C22H23F3N8O. The summed E-state index contributed by atoms with van der Waals surface area (Å²) < 4.78 is 47.4. The third-order valence-electron chi connectivity index (χ3n) is 5.93. The standard InChI is InChI=1S/C22H23F3N8O/c1-31-5-7-32(8-6-31)15-11-16-17(26-12-15)9-14(22(23,24)25)10-18(16)27-13-20-29-28-19-3-4-21(34-2)30-33(19)20/h3-4,9-12,27H,5-8,13H2,1-2H3. The Bertz CT molecular complexity index is 1330. The molecule has 4 aromatic rings. The molecule has 178 valence electrons. The molecule has 4 heterocycles. The minimum atomic E-state index is -4.50. The molecule has 3 aromatic heterocycles. The highest BCUT2D eigenvalue weighted by Gasteiger charge is 2.32. The van der Waals surface area contributed by atoms with Crippen LogP contribution in [-0.2, 0) is 12.7 Å². The van der Waals surface area contributed by atoms with E-state index in [1.54, 1.807) is 18.3 Å². The molecule has 5 rings (SSSR count). The van der Waals surface area contributed by atoms with Crippen molar-refractivity contribution in [3.8, 4) is 5.88 Å². The summed E-state index contributed by atoms with van der Waals surface area (Å²) in [6.07, 6.45) is -2.86. The number of rotatable bonds is 5. The van der Waals surface area contributed by atoms with Crippen LogP contribution in [0, 0.1) is 0 Å². The number of nitrogens with one attached hydrogen (secondary N) is 1. The number of ether oxygens (including phenoxy) is 1. The highest BCUT2D eigenvalue weighted by Crippen LogP contribution is 2.36. The molecule has 1 aliphatic heterocycles. The number of aromatic nitrogens is 5. The molecule has 1 saturated heterocycles. The van der Waals surface area contributed by atoms with E-state index < -0.39 is 11.7 Å². The molecule has 12 heteroatoms. The van der Waals surface area contributed by atoms with Crippen LogP contribution in [0.4, 0.5) is 24.5 Å². The predicted octanol–water partition coefficient (Wildman–Crippen LogP) is 3.06. The number of alkyl halides is 3. The van der Waals surface area contributed by atoms with Gasteiger partial charge in [-0.05, 0) is 31.3 Å². The van der Waals surface area contributed by atoms with E-state index in [0.29, 0.717) is 28.4 Å². The third kappa shape index (κ3) is 4.28. The molecule has 0 atom stereocenters. The molecule has 0 spiro atoms. The minimum absolute atomic E-state index is 0.108. The molecule has 1 fully saturated rings. The lowest BCUT2D eigenvalue weighted by molar-refractivity contribution is -0.137. The summed E-state index contributed by atoms with van der Waals surface area (Å²) in [7, 11) is 3.56. The van der Waals surface area contributed by atoms with Crippen molar-refractivity contribution in [3.63, 3.8) is 0 Å². The summed E-state index contributed by atoms with van der Waals surface area (Å²) in [5.41, 5.74) is 1.19. The SMILES string of the molecule is COc1ccc2nnc(CNc3cc(C(F)(F)F)cc4ncc(N5CCN(C)CC5)cc34)n2n1. The van der Waals surface area contributed by atoms with Crippen molar-refractivity contribution in [3.05, 3.63) is 47.9 Å². The van der Waals surface area contributed by atoms with Gasteiger partial charge in [-0.25, -0.2) is 0 Å². The van der Waals surface area contributed by atoms with Gasteiger partial charge in [-0.15, -0.1) is 15.3 Å². The van der Waals surface area contributed by atoms with Crippen molar-refractivity contribution >= 4 is 27.9 Å². The Kier molecular flexibility index (Phi) is 5.60. The third-order valence-corrected chi connectivity index (χ3v) is 5.93. The zero-order chi connectivity index (χ0) is 23.9. The zero-order valence-corrected chi connectivity index (χ0v) is 18.7. The number of fused-ring (bicyclic) bond motifs is 2. The van der Waals surface area contributed by atoms with Gasteiger partial charge < -0.3 is 19.9 Å². The molecule has 0 aliphatic carbocycles. The Labute approximate surface area is 193 Å². The molecule has 1 aromatic carbocycles. The van der Waals surface area contributed by atoms with Crippen LogP contribution >= 0.6 is 0 Å². The van der Waals surface area contributed by atoms with E-state index in [0.717, 1.165) is 44.0 Å². The van der Waals surface area contributed by atoms with Gasteiger partial charge in [-0.2, -0.15) is 17.7 Å². The average molecular weight is 472 g/mol. The van der Waals surface area contributed by atoms with Gasteiger partial charge in [-0.1, -0.05) is 0 Å². The number of hydrogen-bond donors (Lipinski definition) is 1. The second-order valence-corrected chi connectivity index (χ2v) is 8.19. The highest BCUT2D eigenvalue weighted by molar-refractivity contribution is 5.94. The highest BCUT2D eigenvalue weighted by atomic mass is 19.4. The van der Waals surface area contributed by atoms with Crippen LogP contribution in [0.1, 0.15) is 11.4 Å². The Hall–Kier alpha value is -3.67. The van der Waals surface area contributed by atoms with E-state index in [4.69, 9.17) is 4.74 Å². The quantitative estimate of drug-likeness (QED) is 0.475. The summed E-state index contributed by atoms with van der Waals surface area (Å²) in [5, 5.41) is 16.2. The van der Waals surface area contributed by atoms with E-state index in [1.807, 2.05) is 6.07 Å². The number of anilines is 2. The second kappa shape index (κ2) is 8.60. The molecule has 0 amide bonds. The van der Waals surface area contributed by atoms with Gasteiger partial charge in [-0.3, -0.25) is 4.98 Å². The first-order valence-electron chi connectivity index (χ1n) is 10.8. The summed E-state index contributed by atoms with van der Waals surface area (Å²) in [6, 6.07) is 7.43. The van der Waals surface area contributed by atoms with Gasteiger partial charge in [0.2, 0.25) is 5.88 Å². The van der Waals surface area contributed by atoms with E-state index in [1.165, 1.54) is 11.6 Å². The van der Waals surface area contributed by atoms with Crippen LogP contribution in [0.2, 0.25) is 0 Å². The fourth-order valence-corrected chi connectivity index (χ4v) is 3.97. The normalized spacial score (nSPS) is 15.3. The number of methoxy groups -OCH3 is 1. The van der Waals surface area contributed by atoms with E-state index in [9.17, 15) is 13.2 Å². The second-order valence-electron chi connectivity index (χ2n) is 8.19. The van der Waals surface area contributed by atoms with E-state index in [2.05, 4.69) is 42.4 Å². The van der Waals surface area contributed by atoms with Gasteiger partial charge in [0, 0.05) is 43.3 Å². The fourth-order valence-electron chi connectivity index (χ4n) is 3.97. The number of benzene rings is 1. The van der Waals surface area contributed by atoms with Crippen molar-refractivity contribution in [1.82, 2.24) is 29.7 Å². The maximum absolute atomic E-state index is 13.6. The topological polar surface area (TPSA) is 83.7 Å². The summed E-state index contributed by atoms with van der Waals surface area (Å²) in [5.74, 6) is 0.807. The lowest BCUT2D eigenvalue weighted by Crippen LogP contribution is -2.44. The van der Waals surface area contributed by atoms with Crippen LogP contribution < -0.4 is 15.0 Å². The number of hydrogen-bond acceptors (Lipinski definition) is 8.